The van der Waals surface area contributed by atoms with E-state index in [0.29, 0.717) is 10.2 Å². The van der Waals surface area contributed by atoms with Crippen molar-refractivity contribution < 1.29 is 0 Å². The smallest absolute Gasteiger partial charge is 0.281 e. The second-order valence-corrected chi connectivity index (χ2v) is 8.04. The quantitative estimate of drug-likeness (QED) is 0.578. The number of H-pyrrole nitrogens is 1. The van der Waals surface area contributed by atoms with Crippen molar-refractivity contribution in [2.45, 2.75) is 51.4 Å². The number of nitrogens with one attached hydrogen (secondary N) is 1. The van der Waals surface area contributed by atoms with Gasteiger partial charge in [-0.3, -0.25) is 4.79 Å². The van der Waals surface area contributed by atoms with Crippen LogP contribution in [-0.2, 0) is 12.8 Å². The summed E-state index contributed by atoms with van der Waals surface area (Å²) in [6, 6.07) is 0. The molecule has 3 N–H and O–H groups in total. The van der Waals surface area contributed by atoms with Gasteiger partial charge in [0.05, 0.1) is 5.39 Å². The molecule has 0 unspecified atom stereocenters. The average Bonchev–Trinajstić information content (AvgIpc) is 2.82. The lowest BCUT2D eigenvalue weighted by Gasteiger charge is -2.40. The number of aryl methyl sites for hydroxylation is 1. The first-order valence-electron chi connectivity index (χ1n) is 7.64. The first kappa shape index (κ1) is 13.5. The van der Waals surface area contributed by atoms with Gasteiger partial charge in [-0.05, 0) is 55.3 Å². The van der Waals surface area contributed by atoms with E-state index in [1.54, 1.807) is 11.3 Å². The van der Waals surface area contributed by atoms with Crippen LogP contribution in [0, 0.1) is 10.2 Å². The van der Waals surface area contributed by atoms with Crippen LogP contribution in [-0.4, -0.2) is 9.66 Å². The van der Waals surface area contributed by atoms with Gasteiger partial charge in [0.1, 0.15) is 4.83 Å². The van der Waals surface area contributed by atoms with Gasteiger partial charge in [0.25, 0.3) is 5.56 Å². The fourth-order valence-electron chi connectivity index (χ4n) is 4.15. The van der Waals surface area contributed by atoms with Crippen molar-refractivity contribution in [1.29, 1.82) is 0 Å². The van der Waals surface area contributed by atoms with Gasteiger partial charge in [-0.1, -0.05) is 19.3 Å². The molecule has 6 heteroatoms. The molecule has 2 aromatic rings. The minimum Gasteiger partial charge on any atom is -0.334 e. The van der Waals surface area contributed by atoms with Crippen molar-refractivity contribution in [2.24, 2.45) is 5.41 Å². The summed E-state index contributed by atoms with van der Waals surface area (Å²) in [4.78, 5) is 17.8. The monoisotopic (exact) mass is 321 g/mol. The molecule has 0 radical (unpaired) electrons. The Hall–Kier alpha value is -1.14. The Labute approximate surface area is 132 Å². The highest BCUT2D eigenvalue weighted by atomic mass is 32.1. The third-order valence-corrected chi connectivity index (χ3v) is 6.76. The molecule has 0 saturated heterocycles. The number of rotatable bonds is 0. The molecule has 2 heterocycles. The largest absolute Gasteiger partial charge is 0.334 e. The van der Waals surface area contributed by atoms with Crippen LogP contribution < -0.4 is 11.4 Å². The standard InChI is InChI=1S/C15H19N3OS2/c16-18-13(19)11-9-4-7-15(5-2-1-3-6-15)8-10(9)21-12(11)17-14(18)20/h1-8,16H2,(H,17,20). The molecular weight excluding hydrogens is 302 g/mol. The first-order valence-corrected chi connectivity index (χ1v) is 8.87. The topological polar surface area (TPSA) is 63.8 Å². The maximum atomic E-state index is 12.4. The number of aromatic nitrogens is 2. The summed E-state index contributed by atoms with van der Waals surface area (Å²) in [6.45, 7) is 0. The maximum Gasteiger partial charge on any atom is 0.281 e. The molecule has 0 atom stereocenters. The molecule has 0 aromatic carbocycles. The average molecular weight is 321 g/mol. The molecule has 0 aliphatic heterocycles. The van der Waals surface area contributed by atoms with E-state index in [2.05, 4.69) is 4.98 Å². The van der Waals surface area contributed by atoms with Crippen molar-refractivity contribution in [1.82, 2.24) is 9.66 Å². The highest BCUT2D eigenvalue weighted by Gasteiger charge is 2.37. The van der Waals surface area contributed by atoms with E-state index >= 15 is 0 Å². The molecule has 4 rings (SSSR count). The van der Waals surface area contributed by atoms with E-state index in [-0.39, 0.29) is 5.56 Å². The number of fused-ring (bicyclic) bond motifs is 3. The Balaban J connectivity index is 1.87. The van der Waals surface area contributed by atoms with E-state index in [4.69, 9.17) is 18.1 Å². The third-order valence-electron chi connectivity index (χ3n) is 5.32. The third kappa shape index (κ3) is 1.99. The van der Waals surface area contributed by atoms with Crippen molar-refractivity contribution in [3.8, 4) is 0 Å². The van der Waals surface area contributed by atoms with E-state index in [1.807, 2.05) is 0 Å². The van der Waals surface area contributed by atoms with Gasteiger partial charge in [0.15, 0.2) is 4.77 Å². The predicted molar refractivity (Wildman–Crippen MR) is 89.0 cm³/mol. The molecule has 112 valence electrons. The van der Waals surface area contributed by atoms with Crippen LogP contribution >= 0.6 is 23.6 Å². The summed E-state index contributed by atoms with van der Waals surface area (Å²) in [5.74, 6) is 5.75. The zero-order valence-corrected chi connectivity index (χ0v) is 13.5. The summed E-state index contributed by atoms with van der Waals surface area (Å²) in [7, 11) is 0. The van der Waals surface area contributed by atoms with Gasteiger partial charge >= 0.3 is 0 Å². The second-order valence-electron chi connectivity index (χ2n) is 6.55. The molecule has 21 heavy (non-hydrogen) atoms. The van der Waals surface area contributed by atoms with Crippen LogP contribution in [0.25, 0.3) is 10.2 Å². The molecule has 1 saturated carbocycles. The van der Waals surface area contributed by atoms with Gasteiger partial charge in [-0.15, -0.1) is 11.3 Å². The van der Waals surface area contributed by atoms with Gasteiger partial charge in [0, 0.05) is 4.88 Å². The summed E-state index contributed by atoms with van der Waals surface area (Å²) in [5, 5.41) is 0.775. The molecule has 2 aliphatic carbocycles. The van der Waals surface area contributed by atoms with Crippen LogP contribution in [0.1, 0.15) is 49.0 Å². The van der Waals surface area contributed by atoms with Crippen LogP contribution in [0.15, 0.2) is 4.79 Å². The number of nitrogen functional groups attached to an aromatic ring is 1. The number of aromatic amines is 1. The van der Waals surface area contributed by atoms with Crippen LogP contribution in [0.2, 0.25) is 0 Å². The summed E-state index contributed by atoms with van der Waals surface area (Å²) >= 11 is 6.83. The van der Waals surface area contributed by atoms with E-state index < -0.39 is 0 Å². The summed E-state index contributed by atoms with van der Waals surface area (Å²) < 4.78 is 1.37. The van der Waals surface area contributed by atoms with Crippen LogP contribution in [0.4, 0.5) is 0 Å². The maximum absolute atomic E-state index is 12.4. The minimum atomic E-state index is -0.147. The second kappa shape index (κ2) is 4.68. The van der Waals surface area contributed by atoms with E-state index in [9.17, 15) is 4.79 Å². The minimum absolute atomic E-state index is 0.147. The number of hydrogen-bond acceptors (Lipinski definition) is 4. The Morgan fingerprint density at radius 1 is 1.24 bits per heavy atom. The first-order chi connectivity index (χ1) is 10.1. The highest BCUT2D eigenvalue weighted by molar-refractivity contribution is 7.71. The number of hydrogen-bond donors (Lipinski definition) is 2. The number of nitrogens with zero attached hydrogens (tertiary/aromatic N) is 1. The normalized spacial score (nSPS) is 20.8. The lowest BCUT2D eigenvalue weighted by Crippen LogP contribution is -2.32. The summed E-state index contributed by atoms with van der Waals surface area (Å²) in [6.07, 6.45) is 10.1. The molecule has 2 aliphatic rings. The fraction of sp³-hybridized carbons (Fsp3) is 0.600. The highest BCUT2D eigenvalue weighted by Crippen LogP contribution is 2.49. The molecular formula is C15H19N3OS2. The van der Waals surface area contributed by atoms with Crippen LogP contribution in [0.5, 0.6) is 0 Å². The number of nitrogens with two attached hydrogens (primary N) is 1. The van der Waals surface area contributed by atoms with Gasteiger partial charge in [0.2, 0.25) is 0 Å². The van der Waals surface area contributed by atoms with E-state index in [1.165, 1.54) is 49.0 Å². The van der Waals surface area contributed by atoms with Crippen molar-refractivity contribution in [2.75, 3.05) is 5.84 Å². The zero-order valence-electron chi connectivity index (χ0n) is 11.9. The van der Waals surface area contributed by atoms with Crippen molar-refractivity contribution in [3.05, 3.63) is 25.6 Å². The lowest BCUT2D eigenvalue weighted by molar-refractivity contribution is 0.164. The Morgan fingerprint density at radius 3 is 2.76 bits per heavy atom. The van der Waals surface area contributed by atoms with Crippen molar-refractivity contribution in [3.63, 3.8) is 0 Å². The molecule has 0 amide bonds. The Kier molecular flexibility index (Phi) is 3.01. The van der Waals surface area contributed by atoms with Crippen molar-refractivity contribution >= 4 is 33.8 Å². The Bertz CT molecular complexity index is 824. The van der Waals surface area contributed by atoms with Crippen LogP contribution in [0.3, 0.4) is 0 Å². The fourth-order valence-corrected chi connectivity index (χ4v) is 5.81. The van der Waals surface area contributed by atoms with Gasteiger partial charge < -0.3 is 10.8 Å². The SMILES string of the molecule is Nn1c(=S)[nH]c2sc3c(c2c1=O)CCC1(CCCCC1)C3. The summed E-state index contributed by atoms with van der Waals surface area (Å²) in [5.41, 5.74) is 1.57. The lowest BCUT2D eigenvalue weighted by atomic mass is 9.65. The molecule has 0 bridgehead atoms. The van der Waals surface area contributed by atoms with E-state index in [0.717, 1.165) is 27.7 Å². The zero-order chi connectivity index (χ0) is 14.6. The molecule has 1 fully saturated rings. The van der Waals surface area contributed by atoms with Gasteiger partial charge in [-0.2, -0.15) is 4.68 Å². The van der Waals surface area contributed by atoms with Gasteiger partial charge in [-0.25, -0.2) is 0 Å². The molecule has 1 spiro atoms. The molecule has 4 nitrogen and oxygen atoms in total. The Morgan fingerprint density at radius 2 is 2.00 bits per heavy atom. The molecule has 2 aromatic heterocycles. The number of thiophene rings is 1. The predicted octanol–water partition coefficient (Wildman–Crippen LogP) is 3.27.